The largest absolute Gasteiger partial charge is 0.450 e. The summed E-state index contributed by atoms with van der Waals surface area (Å²) in [6.07, 6.45) is 0. The Kier molecular flexibility index (Phi) is 2.57. The monoisotopic (exact) mass is 190 g/mol. The van der Waals surface area contributed by atoms with Crippen LogP contribution in [-0.4, -0.2) is 5.44 Å². The van der Waals surface area contributed by atoms with Crippen molar-refractivity contribution in [2.24, 2.45) is 0 Å². The Morgan fingerprint density at radius 2 is 2.08 bits per heavy atom. The zero-order valence-corrected chi connectivity index (χ0v) is 7.32. The highest BCUT2D eigenvalue weighted by molar-refractivity contribution is 7.81. The fraction of sp³-hybridized carbons (Fsp3) is 0.250. The predicted molar refractivity (Wildman–Crippen MR) is 45.7 cm³/mol. The van der Waals surface area contributed by atoms with Gasteiger partial charge < -0.3 is 4.74 Å². The molecule has 0 saturated heterocycles. The van der Waals surface area contributed by atoms with E-state index < -0.39 is 5.44 Å². The number of ether oxygens (including phenoxy) is 1. The van der Waals surface area contributed by atoms with Crippen molar-refractivity contribution in [1.82, 2.24) is 0 Å². The third-order valence-electron chi connectivity index (χ3n) is 1.23. The summed E-state index contributed by atoms with van der Waals surface area (Å²) >= 11 is 2.94. The van der Waals surface area contributed by atoms with Crippen LogP contribution in [0.3, 0.4) is 0 Å². The molecule has 12 heavy (non-hydrogen) atoms. The minimum atomic E-state index is -3.41. The quantitative estimate of drug-likeness (QED) is 0.557. The zero-order chi connectivity index (χ0) is 9.19. The summed E-state index contributed by atoms with van der Waals surface area (Å²) in [5.41, 5.74) is -2.54. The van der Waals surface area contributed by atoms with E-state index in [2.05, 4.69) is 17.4 Å². The molecule has 4 heteroatoms. The summed E-state index contributed by atoms with van der Waals surface area (Å²) < 4.78 is 28.6. The molecular weight excluding hydrogens is 182 g/mol. The Bertz CT molecular complexity index is 270. The lowest BCUT2D eigenvalue weighted by molar-refractivity contribution is -0.0857. The van der Waals surface area contributed by atoms with Crippen molar-refractivity contribution in [3.8, 4) is 5.75 Å². The molecule has 0 aliphatic heterocycles. The van der Waals surface area contributed by atoms with Gasteiger partial charge in [-0.3, -0.25) is 0 Å². The Hall–Kier alpha value is -0.770. The van der Waals surface area contributed by atoms with Gasteiger partial charge in [0.05, 0.1) is 0 Å². The van der Waals surface area contributed by atoms with Gasteiger partial charge in [0.15, 0.2) is 0 Å². The number of halogens is 2. The Labute approximate surface area is 74.8 Å². The van der Waals surface area contributed by atoms with E-state index in [-0.39, 0.29) is 5.75 Å². The van der Waals surface area contributed by atoms with Crippen LogP contribution < -0.4 is 4.74 Å². The summed E-state index contributed by atoms with van der Waals surface area (Å²) in [4.78, 5) is 0. The molecule has 0 aliphatic carbocycles. The number of hydrogen-bond acceptors (Lipinski definition) is 2. The van der Waals surface area contributed by atoms with Crippen LogP contribution in [0.2, 0.25) is 0 Å². The number of rotatable bonds is 2. The maximum Gasteiger partial charge on any atom is 0.450 e. The van der Waals surface area contributed by atoms with Crippen molar-refractivity contribution < 1.29 is 13.5 Å². The van der Waals surface area contributed by atoms with Gasteiger partial charge in [0.2, 0.25) is 0 Å². The molecule has 1 aromatic carbocycles. The normalized spacial score (nSPS) is 11.3. The molecule has 0 aliphatic rings. The van der Waals surface area contributed by atoms with Crippen molar-refractivity contribution >= 4 is 12.6 Å². The van der Waals surface area contributed by atoms with Gasteiger partial charge in [-0.15, -0.1) is 0 Å². The molecule has 0 aromatic heterocycles. The van der Waals surface area contributed by atoms with Crippen molar-refractivity contribution in [2.45, 2.75) is 12.4 Å². The van der Waals surface area contributed by atoms with Crippen LogP contribution in [0.15, 0.2) is 24.3 Å². The number of thiol groups is 1. The molecule has 1 rings (SSSR count). The van der Waals surface area contributed by atoms with E-state index in [0.717, 1.165) is 5.56 Å². The molecule has 0 unspecified atom stereocenters. The average molecular weight is 190 g/mol. The molecule has 0 radical (unpaired) electrons. The van der Waals surface area contributed by atoms with E-state index in [4.69, 9.17) is 0 Å². The smallest absolute Gasteiger partial charge is 0.424 e. The van der Waals surface area contributed by atoms with E-state index in [1.165, 1.54) is 12.1 Å². The van der Waals surface area contributed by atoms with Crippen LogP contribution >= 0.6 is 12.6 Å². The van der Waals surface area contributed by atoms with Gasteiger partial charge in [-0.1, -0.05) is 24.8 Å². The second-order valence-electron chi connectivity index (χ2n) is 2.40. The standard InChI is InChI=1S/C8H8F2OS/c1-6-3-2-4-7(5-6)11-8(9,10)12/h2-5,12H,1H3. The average Bonchev–Trinajstić information content (AvgIpc) is 1.82. The van der Waals surface area contributed by atoms with Crippen LogP contribution in [0.4, 0.5) is 8.78 Å². The highest BCUT2D eigenvalue weighted by Crippen LogP contribution is 2.24. The highest BCUT2D eigenvalue weighted by atomic mass is 32.1. The zero-order valence-electron chi connectivity index (χ0n) is 6.42. The summed E-state index contributed by atoms with van der Waals surface area (Å²) in [7, 11) is 0. The van der Waals surface area contributed by atoms with Gasteiger partial charge >= 0.3 is 5.44 Å². The van der Waals surface area contributed by atoms with Gasteiger partial charge in [-0.05, 0) is 24.6 Å². The lowest BCUT2D eigenvalue weighted by Crippen LogP contribution is -2.15. The van der Waals surface area contributed by atoms with E-state index >= 15 is 0 Å². The molecule has 0 fully saturated rings. The van der Waals surface area contributed by atoms with Gasteiger partial charge in [0.25, 0.3) is 0 Å². The second-order valence-corrected chi connectivity index (χ2v) is 2.93. The van der Waals surface area contributed by atoms with Crippen molar-refractivity contribution in [2.75, 3.05) is 0 Å². The van der Waals surface area contributed by atoms with Crippen LogP contribution in [0, 0.1) is 6.92 Å². The van der Waals surface area contributed by atoms with E-state index in [0.29, 0.717) is 0 Å². The molecule has 0 atom stereocenters. The molecular formula is C8H8F2OS. The highest BCUT2D eigenvalue weighted by Gasteiger charge is 2.24. The number of alkyl halides is 2. The number of benzene rings is 1. The molecule has 66 valence electrons. The predicted octanol–water partition coefficient (Wildman–Crippen LogP) is 2.85. The van der Waals surface area contributed by atoms with Gasteiger partial charge in [0.1, 0.15) is 5.75 Å². The molecule has 0 spiro atoms. The third-order valence-corrected chi connectivity index (χ3v) is 1.32. The first-order chi connectivity index (χ1) is 5.47. The minimum Gasteiger partial charge on any atom is -0.424 e. The summed E-state index contributed by atoms with van der Waals surface area (Å²) in [5.74, 6) is 0.120. The van der Waals surface area contributed by atoms with Gasteiger partial charge in [0, 0.05) is 0 Å². The summed E-state index contributed by atoms with van der Waals surface area (Å²) in [5, 5.41) is 0. The summed E-state index contributed by atoms with van der Waals surface area (Å²) in [6, 6.07) is 6.41. The third kappa shape index (κ3) is 3.09. The van der Waals surface area contributed by atoms with Crippen molar-refractivity contribution in [1.29, 1.82) is 0 Å². The van der Waals surface area contributed by atoms with Crippen LogP contribution in [0.25, 0.3) is 0 Å². The Morgan fingerprint density at radius 3 is 2.58 bits per heavy atom. The number of aryl methyl sites for hydroxylation is 1. The topological polar surface area (TPSA) is 9.23 Å². The first-order valence-electron chi connectivity index (χ1n) is 3.33. The molecule has 1 aromatic rings. The first kappa shape index (κ1) is 9.32. The Morgan fingerprint density at radius 1 is 1.42 bits per heavy atom. The van der Waals surface area contributed by atoms with Crippen LogP contribution in [-0.2, 0) is 0 Å². The summed E-state index contributed by atoms with van der Waals surface area (Å²) in [6.45, 7) is 1.80. The van der Waals surface area contributed by atoms with Gasteiger partial charge in [-0.25, -0.2) is 0 Å². The molecule has 1 nitrogen and oxygen atoms in total. The number of hydrogen-bond donors (Lipinski definition) is 1. The molecule has 0 heterocycles. The van der Waals surface area contributed by atoms with Crippen molar-refractivity contribution in [3.63, 3.8) is 0 Å². The molecule has 0 bridgehead atoms. The maximum absolute atomic E-state index is 12.2. The van der Waals surface area contributed by atoms with Gasteiger partial charge in [-0.2, -0.15) is 8.78 Å². The maximum atomic E-state index is 12.2. The first-order valence-corrected chi connectivity index (χ1v) is 3.78. The van der Waals surface area contributed by atoms with E-state index in [1.807, 2.05) is 0 Å². The Balaban J connectivity index is 2.77. The molecule has 0 N–H and O–H groups in total. The fourth-order valence-electron chi connectivity index (χ4n) is 0.821. The minimum absolute atomic E-state index is 0.120. The SMILES string of the molecule is Cc1cccc(OC(F)(F)S)c1. The lowest BCUT2D eigenvalue weighted by Gasteiger charge is -2.11. The van der Waals surface area contributed by atoms with E-state index in [9.17, 15) is 8.78 Å². The van der Waals surface area contributed by atoms with Crippen molar-refractivity contribution in [3.05, 3.63) is 29.8 Å². The second kappa shape index (κ2) is 3.31. The fourth-order valence-corrected chi connectivity index (χ4v) is 0.926. The van der Waals surface area contributed by atoms with Crippen LogP contribution in [0.5, 0.6) is 5.75 Å². The van der Waals surface area contributed by atoms with Crippen LogP contribution in [0.1, 0.15) is 5.56 Å². The molecule has 0 amide bonds. The van der Waals surface area contributed by atoms with E-state index in [1.54, 1.807) is 19.1 Å². The lowest BCUT2D eigenvalue weighted by atomic mass is 10.2. The molecule has 0 saturated carbocycles.